The van der Waals surface area contributed by atoms with Gasteiger partial charge in [-0.25, -0.2) is 9.07 Å². The lowest BCUT2D eigenvalue weighted by Crippen LogP contribution is -2.32. The Bertz CT molecular complexity index is 1060. The van der Waals surface area contributed by atoms with Crippen LogP contribution in [-0.4, -0.2) is 27.2 Å². The Morgan fingerprint density at radius 1 is 1.21 bits per heavy atom. The molecule has 0 atom stereocenters. The number of carbonyl (C=O) groups excluding carboxylic acids is 1. The third-order valence-electron chi connectivity index (χ3n) is 4.56. The maximum absolute atomic E-state index is 14.3. The minimum atomic E-state index is -4.76. The maximum Gasteiger partial charge on any atom is 0.419 e. The molecule has 0 radical (unpaired) electrons. The highest BCUT2D eigenvalue weighted by molar-refractivity contribution is 5.96. The fraction of sp³-hybridized carbons (Fsp3) is 0.211. The summed E-state index contributed by atoms with van der Waals surface area (Å²) < 4.78 is 54.6. The molecule has 5 nitrogen and oxygen atoms in total. The number of benzene rings is 1. The van der Waals surface area contributed by atoms with Crippen LogP contribution in [0.2, 0.25) is 0 Å². The molecule has 0 fully saturated rings. The highest BCUT2D eigenvalue weighted by atomic mass is 19.4. The summed E-state index contributed by atoms with van der Waals surface area (Å²) in [6, 6.07) is 6.49. The standard InChI is InChI=1S/C19H14F4N4O/c20-17-11(2-1-3-15(17)19(21,22)23)8-12-9-13(4-6-24-12)27-16-5-7-25-18(28)14(16)10-26-27/h1-4,6,9-10H,5,7-8H2,(H,25,28). The normalized spacial score (nSPS) is 13.9. The van der Waals surface area contributed by atoms with Crippen LogP contribution in [0.3, 0.4) is 0 Å². The smallest absolute Gasteiger partial charge is 0.352 e. The molecule has 0 unspecified atom stereocenters. The zero-order valence-electron chi connectivity index (χ0n) is 14.4. The van der Waals surface area contributed by atoms with Gasteiger partial charge in [0.1, 0.15) is 5.82 Å². The van der Waals surface area contributed by atoms with Gasteiger partial charge in [-0.15, -0.1) is 0 Å². The van der Waals surface area contributed by atoms with E-state index in [0.717, 1.165) is 5.69 Å². The first-order valence-corrected chi connectivity index (χ1v) is 8.49. The second-order valence-electron chi connectivity index (χ2n) is 6.38. The lowest BCUT2D eigenvalue weighted by atomic mass is 10.0. The molecule has 144 valence electrons. The number of amides is 1. The van der Waals surface area contributed by atoms with Gasteiger partial charge in [0.2, 0.25) is 0 Å². The summed E-state index contributed by atoms with van der Waals surface area (Å²) in [5.41, 5.74) is 0.822. The first-order valence-electron chi connectivity index (χ1n) is 8.49. The molecule has 28 heavy (non-hydrogen) atoms. The van der Waals surface area contributed by atoms with Crippen molar-refractivity contribution in [2.45, 2.75) is 19.0 Å². The first-order chi connectivity index (χ1) is 13.3. The average Bonchev–Trinajstić information content (AvgIpc) is 3.08. The predicted molar refractivity (Wildman–Crippen MR) is 91.6 cm³/mol. The molecular weight excluding hydrogens is 376 g/mol. The number of rotatable bonds is 3. The molecule has 3 aromatic rings. The van der Waals surface area contributed by atoms with Crippen molar-refractivity contribution in [3.8, 4) is 5.69 Å². The van der Waals surface area contributed by atoms with Crippen molar-refractivity contribution in [2.24, 2.45) is 0 Å². The van der Waals surface area contributed by atoms with Crippen molar-refractivity contribution in [1.82, 2.24) is 20.1 Å². The third kappa shape index (κ3) is 3.23. The molecule has 2 aromatic heterocycles. The Hall–Kier alpha value is -3.23. The molecule has 1 aromatic carbocycles. The van der Waals surface area contributed by atoms with E-state index >= 15 is 0 Å². The van der Waals surface area contributed by atoms with Crippen LogP contribution in [0.25, 0.3) is 5.69 Å². The van der Waals surface area contributed by atoms with Gasteiger partial charge in [0, 0.05) is 31.3 Å². The zero-order chi connectivity index (χ0) is 19.9. The minimum Gasteiger partial charge on any atom is -0.352 e. The summed E-state index contributed by atoms with van der Waals surface area (Å²) in [6.45, 7) is 0.491. The number of carbonyl (C=O) groups is 1. The largest absolute Gasteiger partial charge is 0.419 e. The van der Waals surface area contributed by atoms with E-state index in [1.807, 2.05) is 0 Å². The lowest BCUT2D eigenvalue weighted by Gasteiger charge is -2.15. The van der Waals surface area contributed by atoms with Gasteiger partial charge in [0.05, 0.1) is 28.7 Å². The van der Waals surface area contributed by atoms with Crippen LogP contribution in [-0.2, 0) is 19.0 Å². The lowest BCUT2D eigenvalue weighted by molar-refractivity contribution is -0.140. The van der Waals surface area contributed by atoms with Crippen molar-refractivity contribution in [2.75, 3.05) is 6.54 Å². The van der Waals surface area contributed by atoms with Crippen molar-refractivity contribution in [3.05, 3.63) is 76.6 Å². The minimum absolute atomic E-state index is 0.0960. The van der Waals surface area contributed by atoms with Gasteiger partial charge in [-0.3, -0.25) is 9.78 Å². The summed E-state index contributed by atoms with van der Waals surface area (Å²) in [7, 11) is 0. The number of alkyl halides is 3. The van der Waals surface area contributed by atoms with Crippen LogP contribution in [0.15, 0.2) is 42.7 Å². The number of halogens is 4. The van der Waals surface area contributed by atoms with Gasteiger partial charge in [-0.05, 0) is 23.8 Å². The quantitative estimate of drug-likeness (QED) is 0.698. The molecule has 0 saturated carbocycles. The Morgan fingerprint density at radius 2 is 2.04 bits per heavy atom. The second-order valence-corrected chi connectivity index (χ2v) is 6.38. The zero-order valence-corrected chi connectivity index (χ0v) is 14.4. The number of nitrogens with zero attached hydrogens (tertiary/aromatic N) is 3. The van der Waals surface area contributed by atoms with Crippen LogP contribution < -0.4 is 5.32 Å². The third-order valence-corrected chi connectivity index (χ3v) is 4.56. The van der Waals surface area contributed by atoms with Crippen LogP contribution >= 0.6 is 0 Å². The fourth-order valence-corrected chi connectivity index (χ4v) is 3.24. The Balaban J connectivity index is 1.67. The van der Waals surface area contributed by atoms with E-state index < -0.39 is 17.6 Å². The Kier molecular flexibility index (Phi) is 4.37. The molecule has 1 aliphatic rings. The van der Waals surface area contributed by atoms with Crippen LogP contribution in [0.5, 0.6) is 0 Å². The average molecular weight is 390 g/mol. The van der Waals surface area contributed by atoms with E-state index in [9.17, 15) is 22.4 Å². The molecule has 0 spiro atoms. The SMILES string of the molecule is O=C1NCCc2c1cnn2-c1ccnc(Cc2cccc(C(F)(F)F)c2F)c1. The topological polar surface area (TPSA) is 59.8 Å². The molecule has 0 aliphatic carbocycles. The van der Waals surface area contributed by atoms with Crippen molar-refractivity contribution >= 4 is 5.91 Å². The highest BCUT2D eigenvalue weighted by Gasteiger charge is 2.34. The molecule has 3 heterocycles. The van der Waals surface area contributed by atoms with Crippen LogP contribution in [0.1, 0.15) is 32.9 Å². The van der Waals surface area contributed by atoms with Gasteiger partial charge in [0.15, 0.2) is 0 Å². The summed E-state index contributed by atoms with van der Waals surface area (Å²) >= 11 is 0. The first kappa shape index (κ1) is 18.1. The maximum atomic E-state index is 14.3. The fourth-order valence-electron chi connectivity index (χ4n) is 3.24. The van der Waals surface area contributed by atoms with Crippen LogP contribution in [0.4, 0.5) is 17.6 Å². The number of fused-ring (bicyclic) bond motifs is 1. The van der Waals surface area contributed by atoms with Gasteiger partial charge in [0.25, 0.3) is 5.91 Å². The van der Waals surface area contributed by atoms with E-state index in [4.69, 9.17) is 0 Å². The molecule has 9 heteroatoms. The molecular formula is C19H14F4N4O. The highest BCUT2D eigenvalue weighted by Crippen LogP contribution is 2.33. The van der Waals surface area contributed by atoms with E-state index in [-0.39, 0.29) is 17.9 Å². The van der Waals surface area contributed by atoms with Gasteiger partial charge in [-0.2, -0.15) is 18.3 Å². The number of pyridine rings is 1. The number of hydrogen-bond donors (Lipinski definition) is 1. The molecule has 4 rings (SSSR count). The van der Waals surface area contributed by atoms with E-state index in [2.05, 4.69) is 15.4 Å². The summed E-state index contributed by atoms with van der Waals surface area (Å²) in [6.07, 6.45) is -1.32. The number of aromatic nitrogens is 3. The summed E-state index contributed by atoms with van der Waals surface area (Å²) in [4.78, 5) is 16.0. The molecule has 1 aliphatic heterocycles. The molecule has 0 saturated heterocycles. The molecule has 1 amide bonds. The van der Waals surface area contributed by atoms with Crippen LogP contribution in [0, 0.1) is 5.82 Å². The van der Waals surface area contributed by atoms with E-state index in [1.54, 1.807) is 16.8 Å². The van der Waals surface area contributed by atoms with Crippen molar-refractivity contribution in [1.29, 1.82) is 0 Å². The predicted octanol–water partition coefficient (Wildman–Crippen LogP) is 3.30. The molecule has 0 bridgehead atoms. The van der Waals surface area contributed by atoms with Gasteiger partial charge in [-0.1, -0.05) is 12.1 Å². The molecule has 1 N–H and O–H groups in total. The monoisotopic (exact) mass is 390 g/mol. The summed E-state index contributed by atoms with van der Waals surface area (Å²) in [5.74, 6) is -1.50. The number of nitrogens with one attached hydrogen (secondary N) is 1. The van der Waals surface area contributed by atoms with Gasteiger partial charge < -0.3 is 5.32 Å². The second kappa shape index (κ2) is 6.74. The van der Waals surface area contributed by atoms with E-state index in [1.165, 1.54) is 24.5 Å². The van der Waals surface area contributed by atoms with Gasteiger partial charge >= 0.3 is 6.18 Å². The number of hydrogen-bond acceptors (Lipinski definition) is 3. The Labute approximate surface area is 157 Å². The van der Waals surface area contributed by atoms with Crippen molar-refractivity contribution in [3.63, 3.8) is 0 Å². The Morgan fingerprint density at radius 3 is 2.82 bits per heavy atom. The van der Waals surface area contributed by atoms with E-state index in [0.29, 0.717) is 36.0 Å². The van der Waals surface area contributed by atoms with Crippen molar-refractivity contribution < 1.29 is 22.4 Å². The summed E-state index contributed by atoms with van der Waals surface area (Å²) in [5, 5.41) is 6.97.